The third kappa shape index (κ3) is 1.21. The number of likely N-dealkylation sites (tertiary alicyclic amines) is 1. The van der Waals surface area contributed by atoms with E-state index in [4.69, 9.17) is 0 Å². The highest BCUT2D eigenvalue weighted by atomic mass is 16.2. The van der Waals surface area contributed by atoms with E-state index in [0.29, 0.717) is 6.54 Å². The minimum Gasteiger partial charge on any atom is -0.354 e. The van der Waals surface area contributed by atoms with Crippen molar-refractivity contribution in [3.05, 3.63) is 0 Å². The molecule has 0 aromatic heterocycles. The second kappa shape index (κ2) is 3.26. The average molecular weight is 196 g/mol. The van der Waals surface area contributed by atoms with Gasteiger partial charge in [-0.25, -0.2) is 0 Å². The number of rotatable bonds is 0. The quantitative estimate of drug-likeness (QED) is 0.605. The van der Waals surface area contributed by atoms with Gasteiger partial charge in [0.25, 0.3) is 0 Å². The molecule has 0 aromatic carbocycles. The Morgan fingerprint density at radius 1 is 1.43 bits per heavy atom. The number of carbonyl (C=O) groups is 2. The van der Waals surface area contributed by atoms with E-state index in [2.05, 4.69) is 5.32 Å². The number of carbonyl (C=O) groups excluding carboxylic acids is 2. The van der Waals surface area contributed by atoms with Gasteiger partial charge in [0.1, 0.15) is 5.54 Å². The van der Waals surface area contributed by atoms with Crippen molar-refractivity contribution in [1.29, 1.82) is 0 Å². The Labute approximate surface area is 83.6 Å². The highest BCUT2D eigenvalue weighted by molar-refractivity contribution is 5.92. The van der Waals surface area contributed by atoms with Crippen LogP contribution in [-0.4, -0.2) is 35.3 Å². The van der Waals surface area contributed by atoms with Gasteiger partial charge in [-0.15, -0.1) is 0 Å². The van der Waals surface area contributed by atoms with E-state index in [1.54, 1.807) is 11.8 Å². The Morgan fingerprint density at radius 2 is 2.21 bits per heavy atom. The van der Waals surface area contributed by atoms with Crippen LogP contribution in [0.25, 0.3) is 0 Å². The normalized spacial score (nSPS) is 32.1. The summed E-state index contributed by atoms with van der Waals surface area (Å²) in [5.74, 6) is 0.0779. The average Bonchev–Trinajstić information content (AvgIpc) is 2.49. The van der Waals surface area contributed by atoms with Crippen LogP contribution in [0.2, 0.25) is 0 Å². The molecule has 14 heavy (non-hydrogen) atoms. The van der Waals surface area contributed by atoms with Crippen LogP contribution >= 0.6 is 0 Å². The van der Waals surface area contributed by atoms with Gasteiger partial charge < -0.3 is 10.2 Å². The molecule has 1 unspecified atom stereocenters. The van der Waals surface area contributed by atoms with Crippen LogP contribution in [0.5, 0.6) is 0 Å². The molecule has 4 heteroatoms. The minimum absolute atomic E-state index is 0.0294. The summed E-state index contributed by atoms with van der Waals surface area (Å²) < 4.78 is 0. The van der Waals surface area contributed by atoms with Crippen LogP contribution in [0.1, 0.15) is 32.6 Å². The maximum Gasteiger partial charge on any atom is 0.246 e. The third-order valence-corrected chi connectivity index (χ3v) is 3.37. The maximum absolute atomic E-state index is 11.8. The van der Waals surface area contributed by atoms with Crippen molar-refractivity contribution in [2.45, 2.75) is 38.1 Å². The third-order valence-electron chi connectivity index (χ3n) is 3.37. The van der Waals surface area contributed by atoms with Gasteiger partial charge in [0.2, 0.25) is 11.8 Å². The van der Waals surface area contributed by atoms with Gasteiger partial charge in [0, 0.05) is 20.0 Å². The van der Waals surface area contributed by atoms with Crippen molar-refractivity contribution in [3.63, 3.8) is 0 Å². The minimum atomic E-state index is -0.496. The Kier molecular flexibility index (Phi) is 2.21. The number of amides is 2. The molecule has 0 bridgehead atoms. The summed E-state index contributed by atoms with van der Waals surface area (Å²) in [6.07, 6.45) is 3.69. The standard InChI is InChI=1S/C10H16N2O2/c1-8(13)12-7-3-2-4-10(12)5-6-11-9(10)14/h2-7H2,1H3,(H,11,14). The van der Waals surface area contributed by atoms with Crippen LogP contribution in [0, 0.1) is 0 Å². The second-order valence-electron chi connectivity index (χ2n) is 4.17. The lowest BCUT2D eigenvalue weighted by atomic mass is 9.85. The van der Waals surface area contributed by atoms with Crippen LogP contribution in [0.3, 0.4) is 0 Å². The Balaban J connectivity index is 2.28. The second-order valence-corrected chi connectivity index (χ2v) is 4.17. The SMILES string of the molecule is CC(=O)N1CCCCC12CCNC2=O. The van der Waals surface area contributed by atoms with Gasteiger partial charge in [-0.2, -0.15) is 0 Å². The number of hydrogen-bond acceptors (Lipinski definition) is 2. The molecule has 2 heterocycles. The lowest BCUT2D eigenvalue weighted by Gasteiger charge is -2.42. The molecule has 0 aromatic rings. The predicted octanol–water partition coefficient (Wildman–Crippen LogP) is 0.277. The first-order valence-electron chi connectivity index (χ1n) is 5.23. The van der Waals surface area contributed by atoms with Gasteiger partial charge in [0.05, 0.1) is 0 Å². The smallest absolute Gasteiger partial charge is 0.246 e. The number of hydrogen-bond donors (Lipinski definition) is 1. The molecule has 78 valence electrons. The van der Waals surface area contributed by atoms with Crippen molar-refractivity contribution in [2.24, 2.45) is 0 Å². The Morgan fingerprint density at radius 3 is 2.79 bits per heavy atom. The van der Waals surface area contributed by atoms with Crippen molar-refractivity contribution < 1.29 is 9.59 Å². The maximum atomic E-state index is 11.8. The largest absolute Gasteiger partial charge is 0.354 e. The van der Waals surface area contributed by atoms with E-state index in [9.17, 15) is 9.59 Å². The zero-order valence-corrected chi connectivity index (χ0v) is 8.51. The number of nitrogens with zero attached hydrogens (tertiary/aromatic N) is 1. The molecule has 1 spiro atoms. The van der Waals surface area contributed by atoms with Crippen LogP contribution in [0.15, 0.2) is 0 Å². The number of nitrogens with one attached hydrogen (secondary N) is 1. The van der Waals surface area contributed by atoms with Crippen molar-refractivity contribution in [1.82, 2.24) is 10.2 Å². The summed E-state index contributed by atoms with van der Waals surface area (Å²) in [7, 11) is 0. The molecule has 2 saturated heterocycles. The summed E-state index contributed by atoms with van der Waals surface area (Å²) in [6.45, 7) is 3.00. The Hall–Kier alpha value is -1.06. The molecule has 2 aliphatic rings. The topological polar surface area (TPSA) is 49.4 Å². The lowest BCUT2D eigenvalue weighted by Crippen LogP contribution is -2.57. The van der Waals surface area contributed by atoms with Crippen LogP contribution in [0.4, 0.5) is 0 Å². The van der Waals surface area contributed by atoms with E-state index >= 15 is 0 Å². The van der Waals surface area contributed by atoms with Crippen molar-refractivity contribution >= 4 is 11.8 Å². The summed E-state index contributed by atoms with van der Waals surface area (Å²) in [5.41, 5.74) is -0.496. The zero-order chi connectivity index (χ0) is 10.2. The highest BCUT2D eigenvalue weighted by Gasteiger charge is 2.49. The molecule has 1 N–H and O–H groups in total. The molecule has 2 fully saturated rings. The molecule has 1 atom stereocenters. The van der Waals surface area contributed by atoms with Gasteiger partial charge >= 0.3 is 0 Å². The molecule has 0 aliphatic carbocycles. The van der Waals surface area contributed by atoms with E-state index < -0.39 is 5.54 Å². The van der Waals surface area contributed by atoms with Gasteiger partial charge in [-0.3, -0.25) is 9.59 Å². The van der Waals surface area contributed by atoms with E-state index in [1.165, 1.54) is 0 Å². The van der Waals surface area contributed by atoms with Crippen molar-refractivity contribution in [3.8, 4) is 0 Å². The van der Waals surface area contributed by atoms with Crippen molar-refractivity contribution in [2.75, 3.05) is 13.1 Å². The first kappa shape index (κ1) is 9.49. The van der Waals surface area contributed by atoms with Crippen LogP contribution in [-0.2, 0) is 9.59 Å². The fourth-order valence-electron chi connectivity index (χ4n) is 2.65. The van der Waals surface area contributed by atoms with Gasteiger partial charge in [-0.1, -0.05) is 0 Å². The molecule has 0 radical (unpaired) electrons. The fraction of sp³-hybridized carbons (Fsp3) is 0.800. The summed E-state index contributed by atoms with van der Waals surface area (Å²) in [5, 5.41) is 2.83. The highest BCUT2D eigenvalue weighted by Crippen LogP contribution is 2.34. The van der Waals surface area contributed by atoms with Gasteiger partial charge in [-0.05, 0) is 25.7 Å². The molecule has 0 saturated carbocycles. The van der Waals surface area contributed by atoms with E-state index in [1.807, 2.05) is 0 Å². The summed E-state index contributed by atoms with van der Waals surface area (Å²) in [4.78, 5) is 25.0. The molecule has 2 aliphatic heterocycles. The molecule has 2 amide bonds. The summed E-state index contributed by atoms with van der Waals surface area (Å²) in [6, 6.07) is 0. The molecular weight excluding hydrogens is 180 g/mol. The molecule has 4 nitrogen and oxygen atoms in total. The van der Waals surface area contributed by atoms with E-state index in [0.717, 1.165) is 32.2 Å². The molecular formula is C10H16N2O2. The first-order chi connectivity index (χ1) is 6.67. The first-order valence-corrected chi connectivity index (χ1v) is 5.23. The fourth-order valence-corrected chi connectivity index (χ4v) is 2.65. The lowest BCUT2D eigenvalue weighted by molar-refractivity contribution is -0.146. The Bertz CT molecular complexity index is 277. The van der Waals surface area contributed by atoms with Gasteiger partial charge in [0.15, 0.2) is 0 Å². The summed E-state index contributed by atoms with van der Waals surface area (Å²) >= 11 is 0. The molecule has 2 rings (SSSR count). The monoisotopic (exact) mass is 196 g/mol. The zero-order valence-electron chi connectivity index (χ0n) is 8.51. The van der Waals surface area contributed by atoms with Crippen LogP contribution < -0.4 is 5.32 Å². The number of piperidine rings is 1. The predicted molar refractivity (Wildman–Crippen MR) is 51.6 cm³/mol. The van der Waals surface area contributed by atoms with E-state index in [-0.39, 0.29) is 11.8 Å².